The van der Waals surface area contributed by atoms with Gasteiger partial charge in [-0.3, -0.25) is 4.79 Å². The van der Waals surface area contributed by atoms with E-state index in [1.165, 1.54) is 6.92 Å². The minimum atomic E-state index is 0.0397. The molecule has 0 atom stereocenters. The Labute approximate surface area is 99.7 Å². The summed E-state index contributed by atoms with van der Waals surface area (Å²) in [6.45, 7) is 3.53. The van der Waals surface area contributed by atoms with E-state index in [1.54, 1.807) is 18.2 Å². The molecule has 1 rings (SSSR count). The smallest absolute Gasteiger partial charge is 0.152 e. The minimum absolute atomic E-state index is 0.0397. The molecule has 0 spiro atoms. The molecule has 0 N–H and O–H groups in total. The van der Waals surface area contributed by atoms with E-state index in [2.05, 4.69) is 0 Å². The van der Waals surface area contributed by atoms with E-state index in [9.17, 15) is 4.79 Å². The second-order valence-corrected chi connectivity index (χ2v) is 4.08. The third-order valence-electron chi connectivity index (χ3n) is 2.05. The van der Waals surface area contributed by atoms with Gasteiger partial charge >= 0.3 is 0 Å². The summed E-state index contributed by atoms with van der Waals surface area (Å²) in [7, 11) is 0. The van der Waals surface area contributed by atoms with Gasteiger partial charge in [-0.15, -0.1) is 0 Å². The summed E-state index contributed by atoms with van der Waals surface area (Å²) in [5, 5.41) is 1.04. The number of hydrogen-bond acceptors (Lipinski definition) is 1. The van der Waals surface area contributed by atoms with Crippen molar-refractivity contribution in [2.45, 2.75) is 20.3 Å². The molecule has 0 amide bonds. The average molecular weight is 243 g/mol. The van der Waals surface area contributed by atoms with Gasteiger partial charge in [-0.05, 0) is 42.7 Å². The number of halogens is 2. The van der Waals surface area contributed by atoms with Crippen LogP contribution in [0.25, 0.3) is 5.57 Å². The van der Waals surface area contributed by atoms with Crippen LogP contribution in [0.4, 0.5) is 0 Å². The summed E-state index contributed by atoms with van der Waals surface area (Å²) in [6, 6.07) is 5.39. The minimum Gasteiger partial charge on any atom is -0.295 e. The van der Waals surface area contributed by atoms with Gasteiger partial charge in [-0.1, -0.05) is 36.2 Å². The van der Waals surface area contributed by atoms with Crippen LogP contribution in [-0.2, 0) is 4.79 Å². The predicted molar refractivity (Wildman–Crippen MR) is 65.4 cm³/mol. The molecular weight excluding hydrogens is 231 g/mol. The highest BCUT2D eigenvalue weighted by Crippen LogP contribution is 2.27. The van der Waals surface area contributed by atoms with Crippen molar-refractivity contribution in [2.24, 2.45) is 0 Å². The Morgan fingerprint density at radius 2 is 2.00 bits per heavy atom. The molecule has 0 aliphatic heterocycles. The Balaban J connectivity index is 3.14. The van der Waals surface area contributed by atoms with Crippen LogP contribution >= 0.6 is 23.2 Å². The van der Waals surface area contributed by atoms with Gasteiger partial charge in [0.2, 0.25) is 0 Å². The van der Waals surface area contributed by atoms with Crippen LogP contribution in [0.5, 0.6) is 0 Å². The fraction of sp³-hybridized carbons (Fsp3) is 0.250. The molecule has 1 nitrogen and oxygen atoms in total. The summed E-state index contributed by atoms with van der Waals surface area (Å²) in [4.78, 5) is 11.0. The Bertz CT molecular complexity index is 408. The second-order valence-electron chi connectivity index (χ2n) is 3.26. The third-order valence-corrected chi connectivity index (χ3v) is 2.79. The molecule has 1 aromatic carbocycles. The molecule has 80 valence electrons. The highest BCUT2D eigenvalue weighted by atomic mass is 35.5. The van der Waals surface area contributed by atoms with Crippen LogP contribution in [0, 0.1) is 0 Å². The molecule has 0 aliphatic rings. The molecule has 0 bridgehead atoms. The molecule has 3 heteroatoms. The van der Waals surface area contributed by atoms with Gasteiger partial charge in [-0.25, -0.2) is 0 Å². The van der Waals surface area contributed by atoms with Gasteiger partial charge in [-0.2, -0.15) is 0 Å². The van der Waals surface area contributed by atoms with Gasteiger partial charge in [0, 0.05) is 0 Å². The molecule has 0 unspecified atom stereocenters. The quantitative estimate of drug-likeness (QED) is 0.720. The Kier molecular flexibility index (Phi) is 4.37. The van der Waals surface area contributed by atoms with Crippen LogP contribution in [0.15, 0.2) is 24.3 Å². The van der Waals surface area contributed by atoms with Crippen LogP contribution < -0.4 is 0 Å². The lowest BCUT2D eigenvalue weighted by atomic mass is 10.0. The first-order valence-electron chi connectivity index (χ1n) is 4.71. The highest BCUT2D eigenvalue weighted by Gasteiger charge is 2.04. The van der Waals surface area contributed by atoms with E-state index in [0.29, 0.717) is 10.0 Å². The van der Waals surface area contributed by atoms with Crippen molar-refractivity contribution >= 4 is 34.6 Å². The van der Waals surface area contributed by atoms with Crippen molar-refractivity contribution in [1.29, 1.82) is 0 Å². The molecule has 0 heterocycles. The SMILES string of the molecule is CC/C(=C/C(C)=O)c1ccc(Cl)c(Cl)c1. The highest BCUT2D eigenvalue weighted by molar-refractivity contribution is 6.42. The van der Waals surface area contributed by atoms with Crippen molar-refractivity contribution in [3.8, 4) is 0 Å². The van der Waals surface area contributed by atoms with Gasteiger partial charge in [0.1, 0.15) is 0 Å². The van der Waals surface area contributed by atoms with Gasteiger partial charge in [0.25, 0.3) is 0 Å². The van der Waals surface area contributed by atoms with E-state index in [4.69, 9.17) is 23.2 Å². The van der Waals surface area contributed by atoms with Crippen LogP contribution in [0.3, 0.4) is 0 Å². The van der Waals surface area contributed by atoms with Gasteiger partial charge < -0.3 is 0 Å². The maximum Gasteiger partial charge on any atom is 0.152 e. The number of ketones is 1. The molecule has 1 aromatic rings. The molecule has 0 aliphatic carbocycles. The maximum atomic E-state index is 11.0. The Morgan fingerprint density at radius 3 is 2.47 bits per heavy atom. The second kappa shape index (κ2) is 5.34. The van der Waals surface area contributed by atoms with Crippen molar-refractivity contribution in [3.05, 3.63) is 39.9 Å². The summed E-state index contributed by atoms with van der Waals surface area (Å²) in [5.74, 6) is 0.0397. The first kappa shape index (κ1) is 12.3. The fourth-order valence-corrected chi connectivity index (χ4v) is 1.63. The first-order chi connectivity index (χ1) is 7.04. The van der Waals surface area contributed by atoms with E-state index in [1.807, 2.05) is 13.0 Å². The lowest BCUT2D eigenvalue weighted by Crippen LogP contribution is -1.89. The number of benzene rings is 1. The number of hydrogen-bond donors (Lipinski definition) is 0. The Hall–Kier alpha value is -0.790. The van der Waals surface area contributed by atoms with E-state index in [-0.39, 0.29) is 5.78 Å². The van der Waals surface area contributed by atoms with Crippen molar-refractivity contribution < 1.29 is 4.79 Å². The average Bonchev–Trinajstić information content (AvgIpc) is 2.18. The standard InChI is InChI=1S/C12H12Cl2O/c1-3-9(6-8(2)15)10-4-5-11(13)12(14)7-10/h4-7H,3H2,1-2H3/b9-6-. The molecule has 0 radical (unpaired) electrons. The van der Waals surface area contributed by atoms with Crippen LogP contribution in [-0.4, -0.2) is 5.78 Å². The third kappa shape index (κ3) is 3.37. The molecule has 0 fully saturated rings. The zero-order chi connectivity index (χ0) is 11.4. The topological polar surface area (TPSA) is 17.1 Å². The maximum absolute atomic E-state index is 11.0. The van der Waals surface area contributed by atoms with E-state index < -0.39 is 0 Å². The molecular formula is C12H12Cl2O. The van der Waals surface area contributed by atoms with Crippen LogP contribution in [0.2, 0.25) is 10.0 Å². The molecule has 15 heavy (non-hydrogen) atoms. The van der Waals surface area contributed by atoms with Gasteiger partial charge in [0.05, 0.1) is 10.0 Å². The zero-order valence-corrected chi connectivity index (χ0v) is 10.2. The summed E-state index contributed by atoms with van der Waals surface area (Å²) in [5.41, 5.74) is 1.92. The summed E-state index contributed by atoms with van der Waals surface area (Å²) >= 11 is 11.7. The van der Waals surface area contributed by atoms with Gasteiger partial charge in [0.15, 0.2) is 5.78 Å². The predicted octanol–water partition coefficient (Wildman–Crippen LogP) is 4.38. The summed E-state index contributed by atoms with van der Waals surface area (Å²) in [6.07, 6.45) is 2.41. The first-order valence-corrected chi connectivity index (χ1v) is 5.46. The van der Waals surface area contributed by atoms with Crippen molar-refractivity contribution in [3.63, 3.8) is 0 Å². The molecule has 0 saturated carbocycles. The zero-order valence-electron chi connectivity index (χ0n) is 8.68. The largest absolute Gasteiger partial charge is 0.295 e. The van der Waals surface area contributed by atoms with Crippen molar-refractivity contribution in [2.75, 3.05) is 0 Å². The summed E-state index contributed by atoms with van der Waals surface area (Å²) < 4.78 is 0. The van der Waals surface area contributed by atoms with E-state index >= 15 is 0 Å². The normalized spacial score (nSPS) is 11.6. The lowest BCUT2D eigenvalue weighted by Gasteiger charge is -2.05. The van der Waals surface area contributed by atoms with E-state index in [0.717, 1.165) is 17.6 Å². The van der Waals surface area contributed by atoms with Crippen LogP contribution in [0.1, 0.15) is 25.8 Å². The number of rotatable bonds is 3. The van der Waals surface area contributed by atoms with Crippen molar-refractivity contribution in [1.82, 2.24) is 0 Å². The Morgan fingerprint density at radius 1 is 1.33 bits per heavy atom. The number of carbonyl (C=O) groups excluding carboxylic acids is 1. The number of carbonyl (C=O) groups is 1. The monoisotopic (exact) mass is 242 g/mol. The molecule has 0 aromatic heterocycles. The number of allylic oxidation sites excluding steroid dienone is 2. The molecule has 0 saturated heterocycles. The fourth-order valence-electron chi connectivity index (χ4n) is 1.33. The lowest BCUT2D eigenvalue weighted by molar-refractivity contribution is -0.112.